The zero-order valence-electron chi connectivity index (χ0n) is 14.2. The molecule has 0 unspecified atom stereocenters. The zero-order valence-corrected chi connectivity index (χ0v) is 14.2. The first kappa shape index (κ1) is 15.6. The number of nitrogens with one attached hydrogen (secondary N) is 1. The zero-order chi connectivity index (χ0) is 17.6. The predicted molar refractivity (Wildman–Crippen MR) is 96.6 cm³/mol. The van der Waals surface area contributed by atoms with Gasteiger partial charge in [-0.1, -0.05) is 18.2 Å². The summed E-state index contributed by atoms with van der Waals surface area (Å²) in [7, 11) is 0. The lowest BCUT2D eigenvalue weighted by molar-refractivity contribution is -0.129. The molecule has 128 valence electrons. The molecule has 0 radical (unpaired) electrons. The molecule has 3 heterocycles. The number of aromatic nitrogens is 1. The number of pyridine rings is 1. The highest BCUT2D eigenvalue weighted by molar-refractivity contribution is 6.12. The van der Waals surface area contributed by atoms with E-state index in [0.29, 0.717) is 12.4 Å². The Morgan fingerprint density at radius 1 is 1.20 bits per heavy atom. The van der Waals surface area contributed by atoms with Gasteiger partial charge < -0.3 is 10.2 Å². The Balaban J connectivity index is 1.86. The molecule has 1 N–H and O–H groups in total. The molecule has 2 aliphatic heterocycles. The van der Waals surface area contributed by atoms with Crippen molar-refractivity contribution in [1.29, 1.82) is 0 Å². The van der Waals surface area contributed by atoms with Crippen LogP contribution in [0.2, 0.25) is 0 Å². The fourth-order valence-corrected chi connectivity index (χ4v) is 3.98. The van der Waals surface area contributed by atoms with Gasteiger partial charge in [-0.2, -0.15) is 0 Å². The number of Topliss-reactive ketones (excluding diaryl/α,β-unsaturated/α-hetero) is 1. The largest absolute Gasteiger partial charge is 0.362 e. The van der Waals surface area contributed by atoms with E-state index >= 15 is 0 Å². The number of likely N-dealkylation sites (N-methyl/N-ethyl adjacent to an activating group) is 1. The Morgan fingerprint density at radius 2 is 1.96 bits per heavy atom. The highest BCUT2D eigenvalue weighted by atomic mass is 16.2. The maximum Gasteiger partial charge on any atom is 0.242 e. The van der Waals surface area contributed by atoms with E-state index in [-0.39, 0.29) is 23.9 Å². The average Bonchev–Trinajstić information content (AvgIpc) is 2.92. The van der Waals surface area contributed by atoms with Crippen LogP contribution in [0, 0.1) is 5.92 Å². The number of anilines is 3. The topological polar surface area (TPSA) is 65.5 Å². The third-order valence-electron chi connectivity index (χ3n) is 5.00. The van der Waals surface area contributed by atoms with Crippen molar-refractivity contribution < 1.29 is 9.59 Å². The van der Waals surface area contributed by atoms with Gasteiger partial charge in [0.05, 0.1) is 17.4 Å². The minimum atomic E-state index is -0.701. The Bertz CT molecular complexity index is 823. The minimum Gasteiger partial charge on any atom is -0.362 e. The third kappa shape index (κ3) is 2.28. The molecule has 6 nitrogen and oxygen atoms in total. The molecule has 25 heavy (non-hydrogen) atoms. The van der Waals surface area contributed by atoms with Gasteiger partial charge in [0.1, 0.15) is 23.7 Å². The van der Waals surface area contributed by atoms with Crippen molar-refractivity contribution in [2.75, 3.05) is 21.7 Å². The average molecular weight is 336 g/mol. The van der Waals surface area contributed by atoms with Crippen molar-refractivity contribution in [3.05, 3.63) is 48.7 Å². The summed E-state index contributed by atoms with van der Waals surface area (Å²) in [6.45, 7) is 4.26. The molecule has 0 saturated carbocycles. The lowest BCUT2D eigenvalue weighted by atomic mass is 9.93. The molecule has 0 aliphatic carbocycles. The molecule has 1 aromatic carbocycles. The minimum absolute atomic E-state index is 0.113. The second-order valence-electron chi connectivity index (χ2n) is 6.37. The quantitative estimate of drug-likeness (QED) is 0.871. The Morgan fingerprint density at radius 3 is 2.64 bits per heavy atom. The summed E-state index contributed by atoms with van der Waals surface area (Å²) in [5.41, 5.74) is 1.98. The number of nitrogens with zero attached hydrogens (tertiary/aromatic N) is 3. The summed E-state index contributed by atoms with van der Waals surface area (Å²) < 4.78 is 0. The van der Waals surface area contributed by atoms with E-state index in [1.54, 1.807) is 17.2 Å². The van der Waals surface area contributed by atoms with E-state index in [2.05, 4.69) is 15.2 Å². The first-order chi connectivity index (χ1) is 12.1. The van der Waals surface area contributed by atoms with Gasteiger partial charge in [-0.25, -0.2) is 4.98 Å². The molecule has 6 heteroatoms. The van der Waals surface area contributed by atoms with Crippen LogP contribution in [0.3, 0.4) is 0 Å². The molecule has 0 spiro atoms. The van der Waals surface area contributed by atoms with Crippen LogP contribution in [0.1, 0.15) is 13.8 Å². The first-order valence-corrected chi connectivity index (χ1v) is 8.50. The molecule has 2 aliphatic rings. The fraction of sp³-hybridized carbons (Fsp3) is 0.316. The van der Waals surface area contributed by atoms with Crippen LogP contribution in [-0.2, 0) is 9.59 Å². The van der Waals surface area contributed by atoms with E-state index in [4.69, 9.17) is 0 Å². The van der Waals surface area contributed by atoms with Gasteiger partial charge in [0.2, 0.25) is 5.91 Å². The van der Waals surface area contributed by atoms with Crippen LogP contribution in [0.5, 0.6) is 0 Å². The number of ketones is 1. The summed E-state index contributed by atoms with van der Waals surface area (Å²) in [5, 5.41) is 3.46. The number of hydrogen-bond acceptors (Lipinski definition) is 5. The molecule has 4 rings (SSSR count). The van der Waals surface area contributed by atoms with Crippen LogP contribution in [0.25, 0.3) is 0 Å². The summed E-state index contributed by atoms with van der Waals surface area (Å²) in [5.74, 6) is -0.444. The van der Waals surface area contributed by atoms with Crippen LogP contribution >= 0.6 is 0 Å². The Labute approximate surface area is 146 Å². The van der Waals surface area contributed by atoms with Crippen molar-refractivity contribution in [2.45, 2.75) is 26.1 Å². The molecule has 1 aromatic heterocycles. The molecule has 0 bridgehead atoms. The highest BCUT2D eigenvalue weighted by Crippen LogP contribution is 2.42. The predicted octanol–water partition coefficient (Wildman–Crippen LogP) is 2.28. The number of carbonyl (C=O) groups is 2. The second-order valence-corrected chi connectivity index (χ2v) is 6.37. The van der Waals surface area contributed by atoms with Gasteiger partial charge in [0.15, 0.2) is 0 Å². The molecular formula is C19H20N4O2. The molecule has 1 saturated heterocycles. The number of fused-ring (bicyclic) bond motifs is 2. The van der Waals surface area contributed by atoms with Crippen molar-refractivity contribution in [3.63, 3.8) is 0 Å². The molecular weight excluding hydrogens is 316 g/mol. The van der Waals surface area contributed by atoms with Crippen molar-refractivity contribution in [3.8, 4) is 0 Å². The molecule has 1 fully saturated rings. The first-order valence-electron chi connectivity index (χ1n) is 8.50. The van der Waals surface area contributed by atoms with Crippen molar-refractivity contribution in [2.24, 2.45) is 5.92 Å². The number of hydrogen-bond donors (Lipinski definition) is 1. The van der Waals surface area contributed by atoms with Crippen LogP contribution < -0.4 is 15.1 Å². The van der Waals surface area contributed by atoms with Crippen LogP contribution in [-0.4, -0.2) is 35.4 Å². The smallest absolute Gasteiger partial charge is 0.242 e. The maximum absolute atomic E-state index is 13.1. The van der Waals surface area contributed by atoms with Crippen molar-refractivity contribution >= 4 is 28.9 Å². The molecule has 3 atom stereocenters. The SMILES string of the molecule is CCN1c2ccccc2N[C@@H]2[C@@H]1[C@H](C(C)=O)C(=O)N2c1ccccn1. The highest BCUT2D eigenvalue weighted by Gasteiger charge is 2.55. The summed E-state index contributed by atoms with van der Waals surface area (Å²) in [6.07, 6.45) is 1.33. The third-order valence-corrected chi connectivity index (χ3v) is 5.00. The van der Waals surface area contributed by atoms with E-state index in [0.717, 1.165) is 11.4 Å². The normalized spacial score (nSPS) is 24.6. The van der Waals surface area contributed by atoms with E-state index < -0.39 is 5.92 Å². The van der Waals surface area contributed by atoms with E-state index in [9.17, 15) is 9.59 Å². The van der Waals surface area contributed by atoms with Gasteiger partial charge in [0, 0.05) is 12.7 Å². The van der Waals surface area contributed by atoms with Gasteiger partial charge in [-0.3, -0.25) is 14.5 Å². The number of benzene rings is 1. The van der Waals surface area contributed by atoms with Gasteiger partial charge in [0.25, 0.3) is 0 Å². The van der Waals surface area contributed by atoms with E-state index in [1.807, 2.05) is 43.3 Å². The van der Waals surface area contributed by atoms with E-state index in [1.165, 1.54) is 6.92 Å². The summed E-state index contributed by atoms with van der Waals surface area (Å²) >= 11 is 0. The molecule has 1 amide bonds. The van der Waals surface area contributed by atoms with Gasteiger partial charge in [-0.05, 0) is 38.1 Å². The summed E-state index contributed by atoms with van der Waals surface area (Å²) in [6, 6.07) is 13.2. The number of para-hydroxylation sites is 2. The van der Waals surface area contributed by atoms with Crippen molar-refractivity contribution in [1.82, 2.24) is 4.98 Å². The number of amides is 1. The number of carbonyl (C=O) groups excluding carboxylic acids is 2. The fourth-order valence-electron chi connectivity index (χ4n) is 3.98. The van der Waals surface area contributed by atoms with Gasteiger partial charge >= 0.3 is 0 Å². The van der Waals surface area contributed by atoms with Gasteiger partial charge in [-0.15, -0.1) is 0 Å². The standard InChI is InChI=1S/C19H20N4O2/c1-3-22-14-9-5-4-8-13(14)21-18-17(22)16(12(2)24)19(25)23(18)15-10-6-7-11-20-15/h4-11,16-18,21H,3H2,1-2H3/t16-,17-,18-/m0/s1. The Hall–Kier alpha value is -2.89. The lowest BCUT2D eigenvalue weighted by Gasteiger charge is -2.43. The number of rotatable bonds is 3. The maximum atomic E-state index is 13.1. The lowest BCUT2D eigenvalue weighted by Crippen LogP contribution is -2.55. The molecule has 2 aromatic rings. The van der Waals surface area contributed by atoms with Crippen LogP contribution in [0.15, 0.2) is 48.7 Å². The second kappa shape index (κ2) is 5.88. The summed E-state index contributed by atoms with van der Waals surface area (Å²) in [4.78, 5) is 33.6. The monoisotopic (exact) mass is 336 g/mol. The Kier molecular flexibility index (Phi) is 3.67. The van der Waals surface area contributed by atoms with Crippen LogP contribution in [0.4, 0.5) is 17.2 Å².